The quantitative estimate of drug-likeness (QED) is 0.671. The van der Waals surface area contributed by atoms with Gasteiger partial charge in [0.1, 0.15) is 5.56 Å². The summed E-state index contributed by atoms with van der Waals surface area (Å²) < 4.78 is 12.2. The maximum Gasteiger partial charge on any atom is 0.339 e. The van der Waals surface area contributed by atoms with E-state index in [2.05, 4.69) is 32.4 Å². The highest BCUT2D eigenvalue weighted by atomic mass is 79.9. The molecule has 2 heterocycles. The topological polar surface area (TPSA) is 132 Å². The number of carbonyl (C=O) groups is 2. The SMILES string of the molecule is COC(=O)c1ccc(Nc2nn(C3COCC[C@@H]3C#N)cc2C(N)=O)cc1Br. The Hall–Kier alpha value is -2.90. The predicted molar refractivity (Wildman–Crippen MR) is 103 cm³/mol. The van der Waals surface area contributed by atoms with Crippen LogP contribution in [0.15, 0.2) is 28.9 Å². The summed E-state index contributed by atoms with van der Waals surface area (Å²) in [5.41, 5.74) is 6.63. The summed E-state index contributed by atoms with van der Waals surface area (Å²) >= 11 is 3.32. The van der Waals surface area contributed by atoms with Crippen molar-refractivity contribution < 1.29 is 19.1 Å². The van der Waals surface area contributed by atoms with E-state index in [1.54, 1.807) is 22.9 Å². The Balaban J connectivity index is 1.91. The molecule has 0 radical (unpaired) electrons. The lowest BCUT2D eigenvalue weighted by Gasteiger charge is -2.26. The Morgan fingerprint density at radius 2 is 2.25 bits per heavy atom. The molecule has 1 unspecified atom stereocenters. The number of methoxy groups -OCH3 is 1. The number of anilines is 2. The second-order valence-electron chi connectivity index (χ2n) is 6.21. The number of ether oxygens (including phenoxy) is 2. The van der Waals surface area contributed by atoms with Gasteiger partial charge in [-0.05, 0) is 40.5 Å². The molecular weight excluding hydrogens is 430 g/mol. The van der Waals surface area contributed by atoms with Crippen molar-refractivity contribution in [2.24, 2.45) is 11.7 Å². The van der Waals surface area contributed by atoms with Crippen molar-refractivity contribution in [3.8, 4) is 6.07 Å². The maximum atomic E-state index is 11.9. The first-order chi connectivity index (χ1) is 13.4. The molecule has 10 heteroatoms. The van der Waals surface area contributed by atoms with Crippen molar-refractivity contribution in [3.63, 3.8) is 0 Å². The largest absolute Gasteiger partial charge is 0.465 e. The number of benzene rings is 1. The number of hydrogen-bond donors (Lipinski definition) is 2. The third-order valence-electron chi connectivity index (χ3n) is 4.47. The number of nitriles is 1. The molecule has 3 N–H and O–H groups in total. The Morgan fingerprint density at radius 1 is 1.46 bits per heavy atom. The highest BCUT2D eigenvalue weighted by Gasteiger charge is 2.29. The standard InChI is InChI=1S/C18H18BrN5O4/c1-27-18(26)12-3-2-11(6-14(12)19)22-17-13(16(21)25)8-24(23-17)15-9-28-5-4-10(15)7-20/h2-3,6,8,10,15H,4-5,9H2,1H3,(H2,21,25)(H,22,23)/t10-,15?/m1/s1. The summed E-state index contributed by atoms with van der Waals surface area (Å²) in [6.07, 6.45) is 2.11. The second kappa shape index (κ2) is 8.41. The molecule has 1 saturated heterocycles. The molecule has 1 aliphatic rings. The van der Waals surface area contributed by atoms with E-state index in [0.717, 1.165) is 0 Å². The van der Waals surface area contributed by atoms with Crippen LogP contribution in [0.25, 0.3) is 0 Å². The Morgan fingerprint density at radius 3 is 2.89 bits per heavy atom. The summed E-state index contributed by atoms with van der Waals surface area (Å²) in [5.74, 6) is -1.13. The average Bonchev–Trinajstić information content (AvgIpc) is 3.11. The fraction of sp³-hybridized carbons (Fsp3) is 0.333. The molecule has 1 aromatic carbocycles. The number of aromatic nitrogens is 2. The van der Waals surface area contributed by atoms with Crippen LogP contribution in [-0.2, 0) is 9.47 Å². The first-order valence-corrected chi connectivity index (χ1v) is 9.25. The van der Waals surface area contributed by atoms with Crippen molar-refractivity contribution in [2.75, 3.05) is 25.6 Å². The molecule has 2 aromatic rings. The molecule has 1 aromatic heterocycles. The lowest BCUT2D eigenvalue weighted by molar-refractivity contribution is 0.0342. The zero-order valence-corrected chi connectivity index (χ0v) is 16.6. The molecule has 0 bridgehead atoms. The van der Waals surface area contributed by atoms with E-state index < -0.39 is 11.9 Å². The fourth-order valence-electron chi connectivity index (χ4n) is 2.97. The van der Waals surface area contributed by atoms with Crippen LogP contribution in [0.3, 0.4) is 0 Å². The molecule has 9 nitrogen and oxygen atoms in total. The third-order valence-corrected chi connectivity index (χ3v) is 5.12. The molecular formula is C18H18BrN5O4. The molecule has 1 aliphatic heterocycles. The lowest BCUT2D eigenvalue weighted by Crippen LogP contribution is -2.29. The minimum absolute atomic E-state index is 0.190. The average molecular weight is 448 g/mol. The molecule has 1 fully saturated rings. The molecule has 146 valence electrons. The van der Waals surface area contributed by atoms with E-state index in [-0.39, 0.29) is 23.3 Å². The minimum atomic E-state index is -0.649. The van der Waals surface area contributed by atoms with Crippen molar-refractivity contribution in [1.29, 1.82) is 5.26 Å². The Labute approximate surface area is 169 Å². The van der Waals surface area contributed by atoms with Gasteiger partial charge in [0.25, 0.3) is 5.91 Å². The highest BCUT2D eigenvalue weighted by molar-refractivity contribution is 9.10. The number of nitrogens with two attached hydrogens (primary N) is 1. The Kier molecular flexibility index (Phi) is 5.96. The summed E-state index contributed by atoms with van der Waals surface area (Å²) in [4.78, 5) is 23.6. The van der Waals surface area contributed by atoms with E-state index in [9.17, 15) is 14.9 Å². The normalized spacial score (nSPS) is 18.9. The zero-order valence-electron chi connectivity index (χ0n) is 15.0. The summed E-state index contributed by atoms with van der Waals surface area (Å²) in [5, 5.41) is 16.8. The van der Waals surface area contributed by atoms with Crippen molar-refractivity contribution in [3.05, 3.63) is 40.0 Å². The number of primary amides is 1. The number of carbonyl (C=O) groups excluding carboxylic acids is 2. The van der Waals surface area contributed by atoms with Crippen molar-refractivity contribution in [2.45, 2.75) is 12.5 Å². The van der Waals surface area contributed by atoms with E-state index in [0.29, 0.717) is 35.4 Å². The number of nitrogens with one attached hydrogen (secondary N) is 1. The van der Waals surface area contributed by atoms with Gasteiger partial charge >= 0.3 is 5.97 Å². The first kappa shape index (κ1) is 19.9. The zero-order chi connectivity index (χ0) is 20.3. The van der Waals surface area contributed by atoms with Gasteiger partial charge in [-0.2, -0.15) is 10.4 Å². The molecule has 1 amide bonds. The lowest BCUT2D eigenvalue weighted by atomic mass is 9.97. The number of amides is 1. The van der Waals surface area contributed by atoms with Crippen LogP contribution in [0.5, 0.6) is 0 Å². The smallest absolute Gasteiger partial charge is 0.339 e. The summed E-state index contributed by atoms with van der Waals surface area (Å²) in [6, 6.07) is 6.86. The van der Waals surface area contributed by atoms with Crippen LogP contribution in [0, 0.1) is 17.2 Å². The molecule has 28 heavy (non-hydrogen) atoms. The van der Waals surface area contributed by atoms with Gasteiger partial charge < -0.3 is 20.5 Å². The van der Waals surface area contributed by atoms with Crippen LogP contribution in [-0.4, -0.2) is 42.0 Å². The fourth-order valence-corrected chi connectivity index (χ4v) is 3.51. The van der Waals surface area contributed by atoms with Gasteiger partial charge in [-0.15, -0.1) is 0 Å². The van der Waals surface area contributed by atoms with Crippen LogP contribution < -0.4 is 11.1 Å². The Bertz CT molecular complexity index is 952. The van der Waals surface area contributed by atoms with E-state index in [1.807, 2.05) is 0 Å². The molecule has 0 saturated carbocycles. The summed E-state index contributed by atoms with van der Waals surface area (Å²) in [6.45, 7) is 0.848. The van der Waals surface area contributed by atoms with Gasteiger partial charge in [-0.3, -0.25) is 9.48 Å². The van der Waals surface area contributed by atoms with Gasteiger partial charge in [-0.25, -0.2) is 4.79 Å². The second-order valence-corrected chi connectivity index (χ2v) is 7.07. The van der Waals surface area contributed by atoms with Crippen LogP contribution in [0.1, 0.15) is 33.2 Å². The molecule has 3 rings (SSSR count). The number of halogens is 1. The van der Waals surface area contributed by atoms with Gasteiger partial charge in [0.15, 0.2) is 5.82 Å². The van der Waals surface area contributed by atoms with Gasteiger partial charge in [-0.1, -0.05) is 0 Å². The van der Waals surface area contributed by atoms with Gasteiger partial charge in [0.2, 0.25) is 0 Å². The number of nitrogens with zero attached hydrogens (tertiary/aromatic N) is 3. The molecule has 0 spiro atoms. The van der Waals surface area contributed by atoms with Gasteiger partial charge in [0, 0.05) is 23.0 Å². The van der Waals surface area contributed by atoms with Crippen LogP contribution in [0.2, 0.25) is 0 Å². The van der Waals surface area contributed by atoms with Crippen molar-refractivity contribution in [1.82, 2.24) is 9.78 Å². The molecule has 0 aliphatic carbocycles. The van der Waals surface area contributed by atoms with Gasteiger partial charge in [0.05, 0.1) is 37.3 Å². The van der Waals surface area contributed by atoms with Crippen LogP contribution >= 0.6 is 15.9 Å². The number of hydrogen-bond acceptors (Lipinski definition) is 7. The minimum Gasteiger partial charge on any atom is -0.465 e. The maximum absolute atomic E-state index is 11.9. The van der Waals surface area contributed by atoms with E-state index in [1.165, 1.54) is 13.3 Å². The third kappa shape index (κ3) is 4.00. The summed E-state index contributed by atoms with van der Waals surface area (Å²) in [7, 11) is 1.30. The van der Waals surface area contributed by atoms with Crippen molar-refractivity contribution >= 4 is 39.3 Å². The predicted octanol–water partition coefficient (Wildman–Crippen LogP) is 2.38. The monoisotopic (exact) mass is 447 g/mol. The van der Waals surface area contributed by atoms with E-state index >= 15 is 0 Å². The van der Waals surface area contributed by atoms with E-state index in [4.69, 9.17) is 15.2 Å². The highest BCUT2D eigenvalue weighted by Crippen LogP contribution is 2.29. The first-order valence-electron chi connectivity index (χ1n) is 8.45. The molecule has 2 atom stereocenters. The number of rotatable bonds is 5. The van der Waals surface area contributed by atoms with Crippen LogP contribution in [0.4, 0.5) is 11.5 Å². The number of esters is 1.